The van der Waals surface area contributed by atoms with Crippen molar-refractivity contribution in [2.24, 2.45) is 0 Å². The Balaban J connectivity index is 4.16. The van der Waals surface area contributed by atoms with Crippen LogP contribution in [0.15, 0.2) is 0 Å². The standard InChI is InChI=1S/C10H16N2O6/c1-6(13)12-7(5-9(16)17)10(18)11-4-2-3-8(14)15/h7H,2-5H2,1H3,(H,11,18)(H,12,13)(H,14,15)(H,16,17). The highest BCUT2D eigenvalue weighted by Crippen LogP contribution is 1.94. The third-order valence-corrected chi connectivity index (χ3v) is 1.94. The molecule has 0 saturated heterocycles. The van der Waals surface area contributed by atoms with Crippen molar-refractivity contribution in [1.29, 1.82) is 0 Å². The van der Waals surface area contributed by atoms with E-state index in [-0.39, 0.29) is 19.4 Å². The van der Waals surface area contributed by atoms with E-state index in [4.69, 9.17) is 10.2 Å². The number of rotatable bonds is 8. The first-order valence-electron chi connectivity index (χ1n) is 5.31. The van der Waals surface area contributed by atoms with Crippen molar-refractivity contribution in [2.75, 3.05) is 6.54 Å². The lowest BCUT2D eigenvalue weighted by atomic mass is 10.2. The highest BCUT2D eigenvalue weighted by Gasteiger charge is 2.21. The molecule has 0 aliphatic carbocycles. The minimum absolute atomic E-state index is 0.0932. The van der Waals surface area contributed by atoms with Crippen LogP contribution in [0.25, 0.3) is 0 Å². The summed E-state index contributed by atoms with van der Waals surface area (Å²) in [6, 6.07) is -1.15. The Bertz CT molecular complexity index is 325. The summed E-state index contributed by atoms with van der Waals surface area (Å²) in [7, 11) is 0. The number of nitrogens with one attached hydrogen (secondary N) is 2. The quantitative estimate of drug-likeness (QED) is 0.411. The molecular formula is C10H16N2O6. The zero-order chi connectivity index (χ0) is 14.1. The Hall–Kier alpha value is -2.12. The van der Waals surface area contributed by atoms with Gasteiger partial charge in [-0.3, -0.25) is 19.2 Å². The topological polar surface area (TPSA) is 133 Å². The monoisotopic (exact) mass is 260 g/mol. The predicted molar refractivity (Wildman–Crippen MR) is 59.7 cm³/mol. The molecule has 0 aliphatic rings. The van der Waals surface area contributed by atoms with E-state index in [2.05, 4.69) is 10.6 Å². The minimum atomic E-state index is -1.21. The number of carbonyl (C=O) groups excluding carboxylic acids is 2. The van der Waals surface area contributed by atoms with E-state index in [9.17, 15) is 19.2 Å². The van der Waals surface area contributed by atoms with Gasteiger partial charge in [0.15, 0.2) is 0 Å². The first-order chi connectivity index (χ1) is 8.32. The summed E-state index contributed by atoms with van der Waals surface area (Å²) in [6.07, 6.45) is -0.380. The van der Waals surface area contributed by atoms with Gasteiger partial charge in [-0.05, 0) is 6.42 Å². The second-order valence-electron chi connectivity index (χ2n) is 3.64. The van der Waals surface area contributed by atoms with Gasteiger partial charge < -0.3 is 20.8 Å². The normalized spacial score (nSPS) is 11.4. The lowest BCUT2D eigenvalue weighted by molar-refractivity contribution is -0.140. The molecule has 1 atom stereocenters. The molecule has 2 amide bonds. The van der Waals surface area contributed by atoms with Crippen LogP contribution in [0, 0.1) is 0 Å². The lowest BCUT2D eigenvalue weighted by Crippen LogP contribution is -2.47. The van der Waals surface area contributed by atoms with Crippen LogP contribution in [0.3, 0.4) is 0 Å². The molecule has 0 saturated carbocycles. The Morgan fingerprint density at radius 1 is 1.11 bits per heavy atom. The van der Waals surface area contributed by atoms with E-state index >= 15 is 0 Å². The van der Waals surface area contributed by atoms with Gasteiger partial charge in [0, 0.05) is 19.9 Å². The van der Waals surface area contributed by atoms with Crippen molar-refractivity contribution in [3.8, 4) is 0 Å². The van der Waals surface area contributed by atoms with Crippen molar-refractivity contribution < 1.29 is 29.4 Å². The maximum Gasteiger partial charge on any atom is 0.305 e. The van der Waals surface area contributed by atoms with E-state index in [1.165, 1.54) is 6.92 Å². The second-order valence-corrected chi connectivity index (χ2v) is 3.64. The van der Waals surface area contributed by atoms with Crippen molar-refractivity contribution in [3.63, 3.8) is 0 Å². The molecule has 0 aromatic heterocycles. The Kier molecular flexibility index (Phi) is 7.10. The molecule has 8 nitrogen and oxygen atoms in total. The molecule has 0 bridgehead atoms. The summed E-state index contributed by atoms with van der Waals surface area (Å²) >= 11 is 0. The maximum atomic E-state index is 11.5. The van der Waals surface area contributed by atoms with Gasteiger partial charge in [-0.25, -0.2) is 0 Å². The molecule has 0 rings (SSSR count). The van der Waals surface area contributed by atoms with Crippen molar-refractivity contribution in [2.45, 2.75) is 32.2 Å². The first kappa shape index (κ1) is 15.9. The number of hydrogen-bond acceptors (Lipinski definition) is 4. The lowest BCUT2D eigenvalue weighted by Gasteiger charge is -2.15. The van der Waals surface area contributed by atoms with Crippen LogP contribution in [0.5, 0.6) is 0 Å². The Labute approximate surface area is 103 Å². The number of carbonyl (C=O) groups is 4. The van der Waals surface area contributed by atoms with E-state index < -0.39 is 36.2 Å². The van der Waals surface area contributed by atoms with Crippen molar-refractivity contribution >= 4 is 23.8 Å². The van der Waals surface area contributed by atoms with E-state index in [1.807, 2.05) is 0 Å². The van der Waals surface area contributed by atoms with E-state index in [0.29, 0.717) is 0 Å². The molecule has 4 N–H and O–H groups in total. The van der Waals surface area contributed by atoms with Crippen molar-refractivity contribution in [1.82, 2.24) is 10.6 Å². The molecule has 8 heteroatoms. The molecule has 18 heavy (non-hydrogen) atoms. The predicted octanol–water partition coefficient (Wildman–Crippen LogP) is -1.05. The fourth-order valence-corrected chi connectivity index (χ4v) is 1.20. The third-order valence-electron chi connectivity index (χ3n) is 1.94. The summed E-state index contributed by atoms with van der Waals surface area (Å²) in [5.74, 6) is -3.34. The molecule has 0 fully saturated rings. The van der Waals surface area contributed by atoms with Gasteiger partial charge in [-0.2, -0.15) is 0 Å². The van der Waals surface area contributed by atoms with E-state index in [1.54, 1.807) is 0 Å². The van der Waals surface area contributed by atoms with Crippen LogP contribution in [0.1, 0.15) is 26.2 Å². The second kappa shape index (κ2) is 8.04. The van der Waals surface area contributed by atoms with Crippen LogP contribution in [0.4, 0.5) is 0 Å². The minimum Gasteiger partial charge on any atom is -0.481 e. The molecule has 0 spiro atoms. The fourth-order valence-electron chi connectivity index (χ4n) is 1.20. The number of carboxylic acids is 2. The average Bonchev–Trinajstić information content (AvgIpc) is 2.21. The molecular weight excluding hydrogens is 244 g/mol. The van der Waals surface area contributed by atoms with Crippen LogP contribution in [-0.2, 0) is 19.2 Å². The van der Waals surface area contributed by atoms with Gasteiger partial charge in [0.1, 0.15) is 6.04 Å². The summed E-state index contributed by atoms with van der Waals surface area (Å²) < 4.78 is 0. The van der Waals surface area contributed by atoms with Crippen LogP contribution in [-0.4, -0.2) is 46.6 Å². The van der Waals surface area contributed by atoms with Gasteiger partial charge in [0.05, 0.1) is 6.42 Å². The zero-order valence-electron chi connectivity index (χ0n) is 9.93. The summed E-state index contributed by atoms with van der Waals surface area (Å²) in [5.41, 5.74) is 0. The van der Waals surface area contributed by atoms with Gasteiger partial charge in [-0.15, -0.1) is 0 Å². The highest BCUT2D eigenvalue weighted by atomic mass is 16.4. The largest absolute Gasteiger partial charge is 0.481 e. The van der Waals surface area contributed by atoms with Gasteiger partial charge in [0.25, 0.3) is 0 Å². The molecule has 0 aliphatic heterocycles. The van der Waals surface area contributed by atoms with Crippen molar-refractivity contribution in [3.05, 3.63) is 0 Å². The summed E-state index contributed by atoms with van der Waals surface area (Å²) in [6.45, 7) is 1.29. The fraction of sp³-hybridized carbons (Fsp3) is 0.600. The molecule has 0 heterocycles. The SMILES string of the molecule is CC(=O)NC(CC(=O)O)C(=O)NCCCC(=O)O. The van der Waals surface area contributed by atoms with Crippen LogP contribution >= 0.6 is 0 Å². The van der Waals surface area contributed by atoms with Gasteiger partial charge in [0.2, 0.25) is 11.8 Å². The smallest absolute Gasteiger partial charge is 0.305 e. The molecule has 1 unspecified atom stereocenters. The average molecular weight is 260 g/mol. The molecule has 0 aromatic rings. The summed E-state index contributed by atoms with van der Waals surface area (Å²) in [5, 5.41) is 21.5. The third kappa shape index (κ3) is 8.08. The van der Waals surface area contributed by atoms with E-state index in [0.717, 1.165) is 0 Å². The number of carboxylic acid groups (broad SMARTS) is 2. The molecule has 102 valence electrons. The van der Waals surface area contributed by atoms with Crippen LogP contribution < -0.4 is 10.6 Å². The maximum absolute atomic E-state index is 11.5. The zero-order valence-corrected chi connectivity index (χ0v) is 9.93. The Morgan fingerprint density at radius 2 is 1.72 bits per heavy atom. The van der Waals surface area contributed by atoms with Gasteiger partial charge >= 0.3 is 11.9 Å². The molecule has 0 radical (unpaired) electrons. The highest BCUT2D eigenvalue weighted by molar-refractivity contribution is 5.90. The first-order valence-corrected chi connectivity index (χ1v) is 5.31. The number of hydrogen-bond donors (Lipinski definition) is 4. The van der Waals surface area contributed by atoms with Gasteiger partial charge in [-0.1, -0.05) is 0 Å². The Morgan fingerprint density at radius 3 is 2.17 bits per heavy atom. The number of amides is 2. The van der Waals surface area contributed by atoms with Crippen LogP contribution in [0.2, 0.25) is 0 Å². The number of aliphatic carboxylic acids is 2. The summed E-state index contributed by atoms with van der Waals surface area (Å²) in [4.78, 5) is 43.0. The molecule has 0 aromatic carbocycles.